The third-order valence-corrected chi connectivity index (χ3v) is 6.33. The smallest absolute Gasteiger partial charge is 0.230 e. The zero-order chi connectivity index (χ0) is 19.6. The van der Waals surface area contributed by atoms with Crippen LogP contribution in [0, 0.1) is 0 Å². The highest BCUT2D eigenvalue weighted by Gasteiger charge is 2.11. The second-order valence-corrected chi connectivity index (χ2v) is 8.30. The monoisotopic (exact) mass is 417 g/mol. The van der Waals surface area contributed by atoms with Crippen molar-refractivity contribution in [3.8, 4) is 21.3 Å². The largest absolute Gasteiger partial charge is 0.462 e. The standard InChI is InChI=1S/C22H15N3O2S2/c26-20(12-16-13-28-22(24-16)18-5-3-11-27-18)23-15-9-7-14(8-10-15)21-25-17-4-1-2-6-19(17)29-21/h1-11,13H,12H2,(H,23,26). The first-order valence-corrected chi connectivity index (χ1v) is 10.7. The molecule has 7 heteroatoms. The van der Waals surface area contributed by atoms with E-state index >= 15 is 0 Å². The van der Waals surface area contributed by atoms with Crippen LogP contribution < -0.4 is 5.32 Å². The Kier molecular flexibility index (Phi) is 4.67. The predicted octanol–water partition coefficient (Wildman–Crippen LogP) is 5.86. The lowest BCUT2D eigenvalue weighted by molar-refractivity contribution is -0.115. The molecule has 142 valence electrons. The Morgan fingerprint density at radius 2 is 1.83 bits per heavy atom. The van der Waals surface area contributed by atoms with Crippen molar-refractivity contribution in [1.82, 2.24) is 9.97 Å². The van der Waals surface area contributed by atoms with Gasteiger partial charge in [-0.1, -0.05) is 12.1 Å². The van der Waals surface area contributed by atoms with E-state index in [1.807, 2.05) is 60.0 Å². The molecule has 3 aromatic heterocycles. The van der Waals surface area contributed by atoms with Gasteiger partial charge in [-0.15, -0.1) is 22.7 Å². The van der Waals surface area contributed by atoms with Crippen molar-refractivity contribution in [3.05, 3.63) is 78.0 Å². The maximum absolute atomic E-state index is 12.4. The summed E-state index contributed by atoms with van der Waals surface area (Å²) in [6, 6.07) is 19.5. The number of amides is 1. The number of nitrogens with zero attached hydrogens (tertiary/aromatic N) is 2. The molecule has 1 amide bonds. The Hall–Kier alpha value is -3.29. The number of carbonyl (C=O) groups is 1. The number of benzene rings is 2. The van der Waals surface area contributed by atoms with Gasteiger partial charge in [0.05, 0.1) is 28.6 Å². The fraction of sp³-hybridized carbons (Fsp3) is 0.0455. The first-order chi connectivity index (χ1) is 14.2. The van der Waals surface area contributed by atoms with Crippen molar-refractivity contribution in [3.63, 3.8) is 0 Å². The number of aromatic nitrogens is 2. The number of para-hydroxylation sites is 1. The van der Waals surface area contributed by atoms with E-state index in [1.165, 1.54) is 11.3 Å². The molecule has 5 rings (SSSR count). The molecule has 0 aliphatic heterocycles. The normalized spacial score (nSPS) is 11.0. The van der Waals surface area contributed by atoms with Crippen LogP contribution >= 0.6 is 22.7 Å². The van der Waals surface area contributed by atoms with Crippen molar-refractivity contribution in [1.29, 1.82) is 0 Å². The summed E-state index contributed by atoms with van der Waals surface area (Å²) in [5.41, 5.74) is 3.51. The molecule has 2 aromatic carbocycles. The van der Waals surface area contributed by atoms with Gasteiger partial charge in [0.2, 0.25) is 5.91 Å². The molecule has 5 aromatic rings. The van der Waals surface area contributed by atoms with Crippen LogP contribution in [0.2, 0.25) is 0 Å². The zero-order valence-corrected chi connectivity index (χ0v) is 16.8. The van der Waals surface area contributed by atoms with E-state index < -0.39 is 0 Å². The van der Waals surface area contributed by atoms with Gasteiger partial charge in [0, 0.05) is 16.6 Å². The number of hydrogen-bond acceptors (Lipinski definition) is 6. The highest BCUT2D eigenvalue weighted by atomic mass is 32.1. The average molecular weight is 418 g/mol. The topological polar surface area (TPSA) is 68.0 Å². The van der Waals surface area contributed by atoms with Crippen LogP contribution in [0.3, 0.4) is 0 Å². The summed E-state index contributed by atoms with van der Waals surface area (Å²) < 4.78 is 6.51. The van der Waals surface area contributed by atoms with Crippen molar-refractivity contribution in [2.75, 3.05) is 5.32 Å². The third-order valence-electron chi connectivity index (χ3n) is 4.33. The van der Waals surface area contributed by atoms with Crippen LogP contribution in [-0.2, 0) is 11.2 Å². The van der Waals surface area contributed by atoms with Gasteiger partial charge in [-0.3, -0.25) is 4.79 Å². The Balaban J connectivity index is 1.25. The van der Waals surface area contributed by atoms with Crippen LogP contribution in [-0.4, -0.2) is 15.9 Å². The Labute approximate surface area is 174 Å². The second kappa shape index (κ2) is 7.62. The van der Waals surface area contributed by atoms with Crippen LogP contribution in [0.25, 0.3) is 31.6 Å². The Morgan fingerprint density at radius 3 is 2.62 bits per heavy atom. The highest BCUT2D eigenvalue weighted by molar-refractivity contribution is 7.21. The fourth-order valence-electron chi connectivity index (χ4n) is 2.96. The van der Waals surface area contributed by atoms with Crippen molar-refractivity contribution >= 4 is 44.5 Å². The number of anilines is 1. The minimum atomic E-state index is -0.103. The lowest BCUT2D eigenvalue weighted by Gasteiger charge is -2.05. The number of thiazole rings is 2. The molecule has 0 fully saturated rings. The molecule has 0 unspecified atom stereocenters. The van der Waals surface area contributed by atoms with Crippen molar-refractivity contribution in [2.45, 2.75) is 6.42 Å². The lowest BCUT2D eigenvalue weighted by atomic mass is 10.2. The SMILES string of the molecule is O=C(Cc1csc(-c2ccco2)n1)Nc1ccc(-c2nc3ccccc3s2)cc1. The molecule has 5 nitrogen and oxygen atoms in total. The van der Waals surface area contributed by atoms with E-state index in [0.29, 0.717) is 5.76 Å². The minimum Gasteiger partial charge on any atom is -0.462 e. The van der Waals surface area contributed by atoms with E-state index in [1.54, 1.807) is 17.6 Å². The molecule has 0 saturated heterocycles. The fourth-order valence-corrected chi connectivity index (χ4v) is 4.72. The van der Waals surface area contributed by atoms with E-state index in [2.05, 4.69) is 21.4 Å². The molecule has 0 spiro atoms. The number of hydrogen-bond donors (Lipinski definition) is 1. The van der Waals surface area contributed by atoms with Crippen LogP contribution in [0.5, 0.6) is 0 Å². The molecule has 0 radical (unpaired) electrons. The maximum atomic E-state index is 12.4. The van der Waals surface area contributed by atoms with Crippen LogP contribution in [0.1, 0.15) is 5.69 Å². The first kappa shape index (κ1) is 17.8. The molecule has 0 aliphatic rings. The Morgan fingerprint density at radius 1 is 0.966 bits per heavy atom. The third kappa shape index (κ3) is 3.83. The summed E-state index contributed by atoms with van der Waals surface area (Å²) in [5, 5.41) is 6.55. The maximum Gasteiger partial charge on any atom is 0.230 e. The molecule has 3 heterocycles. The summed E-state index contributed by atoms with van der Waals surface area (Å²) >= 11 is 3.13. The summed E-state index contributed by atoms with van der Waals surface area (Å²) in [7, 11) is 0. The van der Waals surface area contributed by atoms with Gasteiger partial charge in [-0.2, -0.15) is 0 Å². The van der Waals surface area contributed by atoms with E-state index in [4.69, 9.17) is 4.42 Å². The molecule has 0 saturated carbocycles. The van der Waals surface area contributed by atoms with Gasteiger partial charge in [-0.25, -0.2) is 9.97 Å². The van der Waals surface area contributed by atoms with Gasteiger partial charge < -0.3 is 9.73 Å². The van der Waals surface area contributed by atoms with Crippen LogP contribution in [0.15, 0.2) is 76.7 Å². The predicted molar refractivity (Wildman–Crippen MR) is 117 cm³/mol. The molecule has 0 aliphatic carbocycles. The average Bonchev–Trinajstić information content (AvgIpc) is 3.48. The first-order valence-electron chi connectivity index (χ1n) is 8.99. The second-order valence-electron chi connectivity index (χ2n) is 6.41. The zero-order valence-electron chi connectivity index (χ0n) is 15.2. The highest BCUT2D eigenvalue weighted by Crippen LogP contribution is 2.30. The van der Waals surface area contributed by atoms with E-state index in [9.17, 15) is 4.79 Å². The number of rotatable bonds is 5. The van der Waals surface area contributed by atoms with Gasteiger partial charge in [0.1, 0.15) is 5.01 Å². The van der Waals surface area contributed by atoms with E-state index in [0.717, 1.165) is 37.2 Å². The molecule has 0 bridgehead atoms. The van der Waals surface area contributed by atoms with E-state index in [-0.39, 0.29) is 12.3 Å². The number of furan rings is 1. The summed E-state index contributed by atoms with van der Waals surface area (Å²) in [5.74, 6) is 0.612. The van der Waals surface area contributed by atoms with Gasteiger partial charge >= 0.3 is 0 Å². The molecule has 1 N–H and O–H groups in total. The Bertz CT molecular complexity index is 1240. The van der Waals surface area contributed by atoms with Crippen molar-refractivity contribution < 1.29 is 9.21 Å². The molecular weight excluding hydrogens is 402 g/mol. The molecule has 0 atom stereocenters. The van der Waals surface area contributed by atoms with Gasteiger partial charge in [0.25, 0.3) is 0 Å². The van der Waals surface area contributed by atoms with Gasteiger partial charge in [-0.05, 0) is 48.5 Å². The van der Waals surface area contributed by atoms with Crippen molar-refractivity contribution in [2.24, 2.45) is 0 Å². The van der Waals surface area contributed by atoms with Crippen LogP contribution in [0.4, 0.5) is 5.69 Å². The summed E-state index contributed by atoms with van der Waals surface area (Å²) in [6.07, 6.45) is 1.83. The molecular formula is C22H15N3O2S2. The quantitative estimate of drug-likeness (QED) is 0.389. The molecule has 29 heavy (non-hydrogen) atoms. The number of fused-ring (bicyclic) bond motifs is 1. The van der Waals surface area contributed by atoms with Gasteiger partial charge in [0.15, 0.2) is 10.8 Å². The summed E-state index contributed by atoms with van der Waals surface area (Å²) in [4.78, 5) is 21.5. The minimum absolute atomic E-state index is 0.103. The lowest BCUT2D eigenvalue weighted by Crippen LogP contribution is -2.14. The number of nitrogens with one attached hydrogen (secondary N) is 1. The number of carbonyl (C=O) groups excluding carboxylic acids is 1. The summed E-state index contributed by atoms with van der Waals surface area (Å²) in [6.45, 7) is 0.